The SMILES string of the molecule is Cc1cccc(-c2cc(N(c3ccccc3)c3ccc4ccc5c(N(c6ccccc6)c6cc(-c7cccc(C)c7)c(F)cc6F)ccc6ccc3c4c65)c(F)cc2F)c1. The van der Waals surface area contributed by atoms with Gasteiger partial charge in [-0.2, -0.15) is 0 Å². The molecule has 290 valence electrons. The van der Waals surface area contributed by atoms with Gasteiger partial charge in [-0.3, -0.25) is 0 Å². The van der Waals surface area contributed by atoms with Crippen molar-refractivity contribution >= 4 is 66.4 Å². The van der Waals surface area contributed by atoms with Crippen molar-refractivity contribution in [2.45, 2.75) is 13.8 Å². The van der Waals surface area contributed by atoms with Crippen LogP contribution in [0.3, 0.4) is 0 Å². The van der Waals surface area contributed by atoms with Gasteiger partial charge in [0.05, 0.1) is 22.7 Å². The fraction of sp³-hybridized carbons (Fsp3) is 0.0370. The molecule has 10 aromatic rings. The summed E-state index contributed by atoms with van der Waals surface area (Å²) in [5.41, 5.74) is 6.97. The van der Waals surface area contributed by atoms with Gasteiger partial charge in [0.2, 0.25) is 0 Å². The molecule has 0 radical (unpaired) electrons. The van der Waals surface area contributed by atoms with E-state index in [9.17, 15) is 0 Å². The van der Waals surface area contributed by atoms with E-state index in [0.29, 0.717) is 33.9 Å². The minimum atomic E-state index is -0.703. The average Bonchev–Trinajstić information content (AvgIpc) is 3.26. The zero-order valence-corrected chi connectivity index (χ0v) is 32.7. The maximum atomic E-state index is 16.4. The second kappa shape index (κ2) is 14.7. The second-order valence-electron chi connectivity index (χ2n) is 15.2. The van der Waals surface area contributed by atoms with Crippen LogP contribution in [0.1, 0.15) is 11.1 Å². The highest BCUT2D eigenvalue weighted by Gasteiger charge is 2.26. The molecule has 0 aromatic heterocycles. The van der Waals surface area contributed by atoms with E-state index in [1.807, 2.05) is 181 Å². The van der Waals surface area contributed by atoms with Crippen LogP contribution in [0.4, 0.5) is 51.7 Å². The van der Waals surface area contributed by atoms with Gasteiger partial charge in [0.25, 0.3) is 0 Å². The van der Waals surface area contributed by atoms with Crippen LogP contribution in [0, 0.1) is 37.1 Å². The number of hydrogen-bond donors (Lipinski definition) is 0. The Morgan fingerprint density at radius 1 is 0.333 bits per heavy atom. The Morgan fingerprint density at radius 3 is 1.13 bits per heavy atom. The molecule has 0 atom stereocenters. The lowest BCUT2D eigenvalue weighted by atomic mass is 9.91. The number of nitrogens with zero attached hydrogens (tertiary/aromatic N) is 2. The largest absolute Gasteiger partial charge is 0.307 e. The topological polar surface area (TPSA) is 6.48 Å². The number of hydrogen-bond acceptors (Lipinski definition) is 2. The Hall–Kier alpha value is -7.44. The van der Waals surface area contributed by atoms with Gasteiger partial charge in [0.1, 0.15) is 23.3 Å². The standard InChI is InChI=1S/C54H36F4N2/c1-33-11-9-13-37(27-33)43-29-51(47(57)31-45(43)55)59(39-15-5-3-6-16-39)49-25-21-35-20-24-42-50(26-22-36-19-23-41(49)53(35)54(36)42)60(40-17-7-4-8-18-40)52-30-44(46(56)32-48(52)58)38-14-10-12-34(2)28-38/h3-32H,1-2H3. The van der Waals surface area contributed by atoms with Crippen molar-refractivity contribution in [1.29, 1.82) is 0 Å². The van der Waals surface area contributed by atoms with E-state index in [0.717, 1.165) is 55.6 Å². The Balaban J connectivity index is 1.22. The zero-order valence-electron chi connectivity index (χ0n) is 32.7. The molecular weight excluding hydrogens is 753 g/mol. The molecule has 0 saturated carbocycles. The molecule has 0 amide bonds. The summed E-state index contributed by atoms with van der Waals surface area (Å²) in [6.07, 6.45) is 0. The zero-order chi connectivity index (χ0) is 41.1. The average molecular weight is 789 g/mol. The lowest BCUT2D eigenvalue weighted by Crippen LogP contribution is -2.13. The second-order valence-corrected chi connectivity index (χ2v) is 15.2. The Bertz CT molecular complexity index is 3020. The van der Waals surface area contributed by atoms with Crippen molar-refractivity contribution in [1.82, 2.24) is 0 Å². The van der Waals surface area contributed by atoms with Crippen molar-refractivity contribution in [3.8, 4) is 22.3 Å². The van der Waals surface area contributed by atoms with Crippen molar-refractivity contribution in [3.05, 3.63) is 216 Å². The van der Waals surface area contributed by atoms with Crippen molar-refractivity contribution in [2.75, 3.05) is 9.80 Å². The number of halogens is 4. The molecule has 0 unspecified atom stereocenters. The monoisotopic (exact) mass is 788 g/mol. The normalized spacial score (nSPS) is 11.5. The number of para-hydroxylation sites is 2. The Kier molecular flexibility index (Phi) is 9.06. The molecule has 2 nitrogen and oxygen atoms in total. The molecule has 0 aliphatic rings. The molecule has 0 spiro atoms. The molecule has 0 bridgehead atoms. The van der Waals surface area contributed by atoms with Crippen LogP contribution in [0.5, 0.6) is 0 Å². The van der Waals surface area contributed by atoms with Gasteiger partial charge >= 0.3 is 0 Å². The first kappa shape index (κ1) is 36.9. The first-order valence-electron chi connectivity index (χ1n) is 19.8. The van der Waals surface area contributed by atoms with E-state index in [4.69, 9.17) is 0 Å². The summed E-state index contributed by atoms with van der Waals surface area (Å²) in [6, 6.07) is 55.3. The fourth-order valence-electron chi connectivity index (χ4n) is 8.62. The van der Waals surface area contributed by atoms with Crippen LogP contribution in [0.25, 0.3) is 54.6 Å². The van der Waals surface area contributed by atoms with Crippen LogP contribution in [0.2, 0.25) is 0 Å². The van der Waals surface area contributed by atoms with Crippen molar-refractivity contribution in [2.24, 2.45) is 0 Å². The van der Waals surface area contributed by atoms with E-state index in [2.05, 4.69) is 0 Å². The quantitative estimate of drug-likeness (QED) is 0.112. The minimum Gasteiger partial charge on any atom is -0.307 e. The molecule has 60 heavy (non-hydrogen) atoms. The summed E-state index contributed by atoms with van der Waals surface area (Å²) >= 11 is 0. The molecule has 10 aromatic carbocycles. The maximum absolute atomic E-state index is 16.4. The van der Waals surface area contributed by atoms with Crippen molar-refractivity contribution in [3.63, 3.8) is 0 Å². The summed E-state index contributed by atoms with van der Waals surface area (Å²) in [5, 5.41) is 5.46. The highest BCUT2D eigenvalue weighted by Crippen LogP contribution is 2.49. The van der Waals surface area contributed by atoms with Gasteiger partial charge < -0.3 is 9.80 Å². The minimum absolute atomic E-state index is 0.196. The summed E-state index contributed by atoms with van der Waals surface area (Å²) in [6.45, 7) is 3.88. The molecular formula is C54H36F4N2. The number of aryl methyl sites for hydroxylation is 2. The van der Waals surface area contributed by atoms with Gasteiger partial charge in [-0.1, -0.05) is 132 Å². The van der Waals surface area contributed by atoms with Gasteiger partial charge in [0, 0.05) is 45.4 Å². The molecule has 0 heterocycles. The van der Waals surface area contributed by atoms with Crippen molar-refractivity contribution < 1.29 is 17.6 Å². The summed E-state index contributed by atoms with van der Waals surface area (Å²) in [4.78, 5) is 3.69. The Morgan fingerprint density at radius 2 is 0.733 bits per heavy atom. The smallest absolute Gasteiger partial charge is 0.150 e. The first-order valence-corrected chi connectivity index (χ1v) is 19.8. The summed E-state index contributed by atoms with van der Waals surface area (Å²) in [5.74, 6) is -2.70. The highest BCUT2D eigenvalue weighted by molar-refractivity contribution is 6.28. The summed E-state index contributed by atoms with van der Waals surface area (Å²) < 4.78 is 64.1. The molecule has 0 fully saturated rings. The predicted octanol–water partition coefficient (Wildman–Crippen LogP) is 16.0. The van der Waals surface area contributed by atoms with Crippen LogP contribution in [0.15, 0.2) is 182 Å². The first-order chi connectivity index (χ1) is 29.2. The van der Waals surface area contributed by atoms with Gasteiger partial charge in [-0.15, -0.1) is 0 Å². The van der Waals surface area contributed by atoms with Crippen LogP contribution in [-0.4, -0.2) is 0 Å². The Labute approximate surface area is 345 Å². The molecule has 0 aliphatic carbocycles. The summed E-state index contributed by atoms with van der Waals surface area (Å²) in [7, 11) is 0. The maximum Gasteiger partial charge on any atom is 0.150 e. The third kappa shape index (κ3) is 6.29. The van der Waals surface area contributed by atoms with E-state index in [1.165, 1.54) is 0 Å². The molecule has 0 N–H and O–H groups in total. The molecule has 0 aliphatic heterocycles. The van der Waals surface area contributed by atoms with Crippen LogP contribution < -0.4 is 9.80 Å². The number of rotatable bonds is 8. The third-order valence-corrected chi connectivity index (χ3v) is 11.3. The molecule has 6 heteroatoms. The molecule has 0 saturated heterocycles. The highest BCUT2D eigenvalue weighted by atomic mass is 19.1. The predicted molar refractivity (Wildman–Crippen MR) is 240 cm³/mol. The van der Waals surface area contributed by atoms with E-state index >= 15 is 17.6 Å². The van der Waals surface area contributed by atoms with E-state index in [1.54, 1.807) is 12.1 Å². The lowest BCUT2D eigenvalue weighted by molar-refractivity contribution is 0.586. The van der Waals surface area contributed by atoms with Crippen LogP contribution >= 0.6 is 0 Å². The van der Waals surface area contributed by atoms with Gasteiger partial charge in [-0.25, -0.2) is 17.6 Å². The number of benzene rings is 10. The van der Waals surface area contributed by atoms with E-state index in [-0.39, 0.29) is 22.5 Å². The number of anilines is 6. The lowest BCUT2D eigenvalue weighted by Gasteiger charge is -2.30. The van der Waals surface area contributed by atoms with E-state index < -0.39 is 23.3 Å². The van der Waals surface area contributed by atoms with Gasteiger partial charge in [-0.05, 0) is 95.1 Å². The molecule has 10 rings (SSSR count). The van der Waals surface area contributed by atoms with Gasteiger partial charge in [0.15, 0.2) is 0 Å². The van der Waals surface area contributed by atoms with Crippen LogP contribution in [-0.2, 0) is 0 Å². The fourth-order valence-corrected chi connectivity index (χ4v) is 8.62. The third-order valence-electron chi connectivity index (χ3n) is 11.3.